The van der Waals surface area contributed by atoms with E-state index in [1.807, 2.05) is 97.6 Å². The Bertz CT molecular complexity index is 4260. The highest BCUT2D eigenvalue weighted by molar-refractivity contribution is 6.11. The van der Waals surface area contributed by atoms with E-state index in [0.29, 0.717) is 34.5 Å². The van der Waals surface area contributed by atoms with Gasteiger partial charge in [0, 0.05) is 80.7 Å². The molecular weight excluding hydrogens is 945 g/mol. The zero-order valence-electron chi connectivity index (χ0n) is 41.2. The van der Waals surface area contributed by atoms with Gasteiger partial charge in [-0.05, 0) is 46.5 Å². The standard InChI is InChI=1S/C68H42N8O/c69-43-49-39-57-55-27-13-15-33-59(55)75(67-71-35-37-73(67)65-51(45-19-5-1-6-20-45)29-17-30-52(65)46-21-7-2-8-22-46)61(57)41-63(49)77-64-42-62-58(40-50(64)44-70)56-28-14-16-34-60(56)76(62)68-72-36-38-74(68)66-53(47-23-9-3-10-24-47)31-18-32-54(66)48-25-11-4-12-26-48/h1-42H. The van der Waals surface area contributed by atoms with E-state index >= 15 is 0 Å². The second kappa shape index (κ2) is 18.5. The highest BCUT2D eigenvalue weighted by atomic mass is 16.5. The lowest BCUT2D eigenvalue weighted by Crippen LogP contribution is -2.08. The monoisotopic (exact) mass is 986 g/mol. The maximum atomic E-state index is 11.0. The summed E-state index contributed by atoms with van der Waals surface area (Å²) < 4.78 is 15.6. The minimum absolute atomic E-state index is 0.293. The first-order chi connectivity index (χ1) is 38.1. The van der Waals surface area contributed by atoms with E-state index in [1.54, 1.807) is 0 Å². The highest BCUT2D eigenvalue weighted by Gasteiger charge is 2.26. The second-order valence-electron chi connectivity index (χ2n) is 18.8. The Morgan fingerprint density at radius 1 is 0.338 bits per heavy atom. The number of benzene rings is 10. The average molecular weight is 987 g/mol. The Balaban J connectivity index is 0.966. The number of hydrogen-bond donors (Lipinski definition) is 0. The summed E-state index contributed by atoms with van der Waals surface area (Å²) in [7, 11) is 0. The molecule has 0 aliphatic rings. The molecule has 0 atom stereocenters. The molecule has 9 nitrogen and oxygen atoms in total. The van der Waals surface area contributed by atoms with Gasteiger partial charge in [0.2, 0.25) is 11.9 Å². The molecule has 10 aromatic carbocycles. The smallest absolute Gasteiger partial charge is 0.219 e. The molecule has 0 aliphatic carbocycles. The minimum atomic E-state index is 0.293. The molecule has 0 saturated carbocycles. The quantitative estimate of drug-likeness (QED) is 0.136. The Labute approximate surface area is 442 Å². The van der Waals surface area contributed by atoms with E-state index in [0.717, 1.165) is 99.5 Å². The van der Waals surface area contributed by atoms with Gasteiger partial charge in [-0.25, -0.2) is 9.97 Å². The van der Waals surface area contributed by atoms with Gasteiger partial charge in [0.1, 0.15) is 23.6 Å². The molecule has 14 rings (SSSR count). The summed E-state index contributed by atoms with van der Waals surface area (Å²) in [4.78, 5) is 10.2. The molecule has 0 unspecified atom stereocenters. The number of rotatable bonds is 10. The first-order valence-corrected chi connectivity index (χ1v) is 25.3. The van der Waals surface area contributed by atoms with Crippen LogP contribution >= 0.6 is 0 Å². The van der Waals surface area contributed by atoms with Crippen molar-refractivity contribution >= 4 is 43.6 Å². The lowest BCUT2D eigenvalue weighted by atomic mass is 9.96. The van der Waals surface area contributed by atoms with Crippen molar-refractivity contribution in [2.75, 3.05) is 0 Å². The van der Waals surface area contributed by atoms with E-state index in [1.165, 1.54) is 0 Å². The molecule has 4 aromatic heterocycles. The number of imidazole rings is 2. The van der Waals surface area contributed by atoms with Crippen LogP contribution in [0.3, 0.4) is 0 Å². The number of ether oxygens (including phenoxy) is 1. The van der Waals surface area contributed by atoms with Gasteiger partial charge in [-0.2, -0.15) is 10.5 Å². The van der Waals surface area contributed by atoms with Crippen LogP contribution < -0.4 is 4.74 Å². The molecule has 0 bridgehead atoms. The number of fused-ring (bicyclic) bond motifs is 6. The molecule has 0 amide bonds. The van der Waals surface area contributed by atoms with Crippen molar-refractivity contribution in [2.45, 2.75) is 0 Å². The van der Waals surface area contributed by atoms with E-state index in [2.05, 4.69) is 188 Å². The van der Waals surface area contributed by atoms with Crippen LogP contribution in [0.15, 0.2) is 255 Å². The van der Waals surface area contributed by atoms with Gasteiger partial charge in [-0.1, -0.05) is 194 Å². The zero-order valence-corrected chi connectivity index (χ0v) is 41.2. The fourth-order valence-electron chi connectivity index (χ4n) is 11.2. The van der Waals surface area contributed by atoms with Gasteiger partial charge >= 0.3 is 0 Å². The number of para-hydroxylation sites is 4. The van der Waals surface area contributed by atoms with Gasteiger partial charge in [-0.3, -0.25) is 18.3 Å². The number of aromatic nitrogens is 6. The van der Waals surface area contributed by atoms with Crippen LogP contribution in [0.4, 0.5) is 0 Å². The van der Waals surface area contributed by atoms with E-state index < -0.39 is 0 Å². The third-order valence-corrected chi connectivity index (χ3v) is 14.5. The third-order valence-electron chi connectivity index (χ3n) is 14.5. The molecule has 9 heteroatoms. The summed E-state index contributed by atoms with van der Waals surface area (Å²) in [6, 6.07) is 83.3. The molecule has 77 heavy (non-hydrogen) atoms. The van der Waals surface area contributed by atoms with Crippen LogP contribution in [-0.2, 0) is 0 Å². The van der Waals surface area contributed by atoms with Crippen molar-refractivity contribution in [1.82, 2.24) is 28.2 Å². The Hall–Kier alpha value is -11.0. The summed E-state index contributed by atoms with van der Waals surface area (Å²) >= 11 is 0. The van der Waals surface area contributed by atoms with Crippen LogP contribution in [0.25, 0.3) is 111 Å². The molecule has 0 radical (unpaired) electrons. The Kier molecular flexibility index (Phi) is 10.7. The van der Waals surface area contributed by atoms with E-state index in [4.69, 9.17) is 14.7 Å². The summed E-state index contributed by atoms with van der Waals surface area (Å²) in [5.41, 5.74) is 14.3. The fraction of sp³-hybridized carbons (Fsp3) is 0. The van der Waals surface area contributed by atoms with Crippen molar-refractivity contribution in [3.63, 3.8) is 0 Å². The van der Waals surface area contributed by atoms with Gasteiger partial charge in [0.05, 0.1) is 44.6 Å². The average Bonchev–Trinajstić information content (AvgIpc) is 4.45. The molecule has 360 valence electrons. The molecule has 0 saturated heterocycles. The maximum Gasteiger partial charge on any atom is 0.219 e. The Morgan fingerprint density at radius 2 is 0.675 bits per heavy atom. The van der Waals surface area contributed by atoms with Crippen molar-refractivity contribution in [3.05, 3.63) is 266 Å². The van der Waals surface area contributed by atoms with Crippen molar-refractivity contribution in [3.8, 4) is 91.4 Å². The predicted molar refractivity (Wildman–Crippen MR) is 307 cm³/mol. The van der Waals surface area contributed by atoms with Crippen molar-refractivity contribution < 1.29 is 4.74 Å². The predicted octanol–water partition coefficient (Wildman–Crippen LogP) is 16.5. The molecular formula is C68H42N8O. The van der Waals surface area contributed by atoms with E-state index in [9.17, 15) is 10.5 Å². The summed E-state index contributed by atoms with van der Waals surface area (Å²) in [5, 5.41) is 25.5. The minimum Gasteiger partial charge on any atom is -0.454 e. The SMILES string of the molecule is N#Cc1cc2c3ccccc3n(-c3nccn3-c3c(-c4ccccc4)cccc3-c3ccccc3)c2cc1Oc1cc2c(cc1C#N)c1ccccc1n2-c1nccn1-c1c(-c2ccccc2)cccc1-c1ccccc1. The Morgan fingerprint density at radius 3 is 1.03 bits per heavy atom. The lowest BCUT2D eigenvalue weighted by molar-refractivity contribution is 0.480. The number of hydrogen-bond acceptors (Lipinski definition) is 5. The molecule has 0 fully saturated rings. The maximum absolute atomic E-state index is 11.0. The topological polar surface area (TPSA) is 102 Å². The van der Waals surface area contributed by atoms with Crippen LogP contribution in [-0.4, -0.2) is 28.2 Å². The zero-order chi connectivity index (χ0) is 51.4. The first kappa shape index (κ1) is 44.7. The fourth-order valence-corrected chi connectivity index (χ4v) is 11.2. The lowest BCUT2D eigenvalue weighted by Gasteiger charge is -2.20. The molecule has 4 heterocycles. The third kappa shape index (κ3) is 7.38. The van der Waals surface area contributed by atoms with Crippen LogP contribution in [0.2, 0.25) is 0 Å². The first-order valence-electron chi connectivity index (χ1n) is 25.3. The van der Waals surface area contributed by atoms with E-state index in [-0.39, 0.29) is 0 Å². The molecule has 14 aromatic rings. The number of nitriles is 2. The summed E-state index contributed by atoms with van der Waals surface area (Å²) in [6.07, 6.45) is 7.67. The second-order valence-corrected chi connectivity index (χ2v) is 18.8. The highest BCUT2D eigenvalue weighted by Crippen LogP contribution is 2.44. The van der Waals surface area contributed by atoms with Crippen molar-refractivity contribution in [1.29, 1.82) is 10.5 Å². The van der Waals surface area contributed by atoms with Gasteiger partial charge in [0.25, 0.3) is 0 Å². The van der Waals surface area contributed by atoms with Crippen LogP contribution in [0.1, 0.15) is 11.1 Å². The molecule has 0 N–H and O–H groups in total. The largest absolute Gasteiger partial charge is 0.454 e. The van der Waals surface area contributed by atoms with Crippen LogP contribution in [0.5, 0.6) is 11.5 Å². The number of nitrogens with zero attached hydrogens (tertiary/aromatic N) is 8. The van der Waals surface area contributed by atoms with Gasteiger partial charge in [0.15, 0.2) is 0 Å². The summed E-state index contributed by atoms with van der Waals surface area (Å²) in [6.45, 7) is 0. The van der Waals surface area contributed by atoms with Crippen LogP contribution in [0, 0.1) is 22.7 Å². The van der Waals surface area contributed by atoms with Crippen molar-refractivity contribution in [2.24, 2.45) is 0 Å². The molecule has 0 spiro atoms. The molecule has 0 aliphatic heterocycles. The normalized spacial score (nSPS) is 11.4. The van der Waals surface area contributed by atoms with Gasteiger partial charge < -0.3 is 4.74 Å². The van der Waals surface area contributed by atoms with Gasteiger partial charge in [-0.15, -0.1) is 0 Å². The summed E-state index contributed by atoms with van der Waals surface area (Å²) in [5.74, 6) is 1.88.